The van der Waals surface area contributed by atoms with Gasteiger partial charge in [0.05, 0.1) is 47.8 Å². The van der Waals surface area contributed by atoms with Crippen molar-refractivity contribution >= 4 is 26.7 Å². The Balaban J connectivity index is 1.98. The molecular weight excluding hydrogens is 420 g/mol. The molecule has 0 spiro atoms. The molecular formula is C21H18N4O5S. The van der Waals surface area contributed by atoms with E-state index in [1.807, 2.05) is 0 Å². The van der Waals surface area contributed by atoms with Crippen LogP contribution in [0.2, 0.25) is 0 Å². The molecule has 0 unspecified atom stereocenters. The van der Waals surface area contributed by atoms with Gasteiger partial charge in [0.25, 0.3) is 0 Å². The standard InChI is InChI=1S/C21H18N4O5S/c1-3-30-21(26)14-4-9-18-17(12-14)20(25-11-10-23-24-25)19(13-22-18)31(27,28)16-7-5-15(29-2)6-8-16/h4-13H,3H2,1-2H3. The Morgan fingerprint density at radius 3 is 2.55 bits per heavy atom. The Kier molecular flexibility index (Phi) is 5.38. The molecule has 4 rings (SSSR count). The number of carbonyl (C=O) groups excluding carboxylic acids is 1. The van der Waals surface area contributed by atoms with E-state index in [1.54, 1.807) is 37.3 Å². The number of hydrogen-bond acceptors (Lipinski definition) is 8. The summed E-state index contributed by atoms with van der Waals surface area (Å²) in [6.07, 6.45) is 4.24. The molecule has 0 aliphatic rings. The Hall–Kier alpha value is -3.79. The van der Waals surface area contributed by atoms with E-state index in [0.717, 1.165) is 0 Å². The van der Waals surface area contributed by atoms with E-state index in [0.29, 0.717) is 16.7 Å². The van der Waals surface area contributed by atoms with Crippen molar-refractivity contribution in [3.8, 4) is 11.4 Å². The Morgan fingerprint density at radius 2 is 1.90 bits per heavy atom. The summed E-state index contributed by atoms with van der Waals surface area (Å²) in [4.78, 5) is 16.5. The molecule has 0 radical (unpaired) electrons. The summed E-state index contributed by atoms with van der Waals surface area (Å²) in [5.74, 6) is 0.0171. The minimum Gasteiger partial charge on any atom is -0.497 e. The molecule has 4 aromatic rings. The summed E-state index contributed by atoms with van der Waals surface area (Å²) in [5, 5.41) is 8.20. The summed E-state index contributed by atoms with van der Waals surface area (Å²) < 4.78 is 38.5. The van der Waals surface area contributed by atoms with E-state index in [-0.39, 0.29) is 27.6 Å². The highest BCUT2D eigenvalue weighted by atomic mass is 32.2. The van der Waals surface area contributed by atoms with E-state index >= 15 is 0 Å². The molecule has 0 amide bonds. The quantitative estimate of drug-likeness (QED) is 0.422. The van der Waals surface area contributed by atoms with Gasteiger partial charge in [0.2, 0.25) is 9.84 Å². The number of nitrogens with zero attached hydrogens (tertiary/aromatic N) is 4. The minimum absolute atomic E-state index is 0.0670. The number of pyridine rings is 1. The van der Waals surface area contributed by atoms with Crippen molar-refractivity contribution in [3.63, 3.8) is 0 Å². The highest BCUT2D eigenvalue weighted by Gasteiger charge is 2.26. The van der Waals surface area contributed by atoms with Crippen LogP contribution in [0.1, 0.15) is 17.3 Å². The molecule has 31 heavy (non-hydrogen) atoms. The summed E-state index contributed by atoms with van der Waals surface area (Å²) in [6.45, 7) is 1.93. The number of rotatable bonds is 6. The van der Waals surface area contributed by atoms with Crippen LogP contribution in [0.5, 0.6) is 5.75 Å². The maximum Gasteiger partial charge on any atom is 0.338 e. The molecule has 0 N–H and O–H groups in total. The monoisotopic (exact) mass is 438 g/mol. The van der Waals surface area contributed by atoms with Gasteiger partial charge < -0.3 is 9.47 Å². The number of aromatic nitrogens is 4. The number of esters is 1. The third kappa shape index (κ3) is 3.73. The normalized spacial score (nSPS) is 11.4. The number of sulfone groups is 1. The average molecular weight is 438 g/mol. The van der Waals surface area contributed by atoms with Gasteiger partial charge in [0, 0.05) is 11.6 Å². The van der Waals surface area contributed by atoms with Gasteiger partial charge in [-0.15, -0.1) is 5.10 Å². The van der Waals surface area contributed by atoms with Crippen LogP contribution in [0, 0.1) is 0 Å². The second-order valence-electron chi connectivity index (χ2n) is 6.45. The number of fused-ring (bicyclic) bond motifs is 1. The number of methoxy groups -OCH3 is 1. The lowest BCUT2D eigenvalue weighted by atomic mass is 10.1. The average Bonchev–Trinajstić information content (AvgIpc) is 3.32. The lowest BCUT2D eigenvalue weighted by Crippen LogP contribution is -2.11. The van der Waals surface area contributed by atoms with E-state index in [2.05, 4.69) is 15.3 Å². The number of ether oxygens (including phenoxy) is 2. The van der Waals surface area contributed by atoms with Gasteiger partial charge in [-0.2, -0.15) is 0 Å². The molecule has 2 aromatic heterocycles. The van der Waals surface area contributed by atoms with Gasteiger partial charge in [-0.25, -0.2) is 17.9 Å². The molecule has 0 aliphatic carbocycles. The topological polar surface area (TPSA) is 113 Å². The molecule has 0 saturated heterocycles. The highest BCUT2D eigenvalue weighted by molar-refractivity contribution is 7.91. The van der Waals surface area contributed by atoms with Gasteiger partial charge in [-0.1, -0.05) is 5.21 Å². The number of benzene rings is 2. The second kappa shape index (κ2) is 8.15. The Bertz CT molecular complexity index is 1350. The van der Waals surface area contributed by atoms with Crippen LogP contribution < -0.4 is 4.74 Å². The minimum atomic E-state index is -3.98. The molecule has 2 heterocycles. The van der Waals surface area contributed by atoms with Gasteiger partial charge in [-0.3, -0.25) is 4.98 Å². The smallest absolute Gasteiger partial charge is 0.338 e. The van der Waals surface area contributed by atoms with Crippen LogP contribution in [-0.4, -0.2) is 48.1 Å². The molecule has 0 bridgehead atoms. The van der Waals surface area contributed by atoms with Gasteiger partial charge in [-0.05, 0) is 49.4 Å². The van der Waals surface area contributed by atoms with E-state index in [9.17, 15) is 13.2 Å². The summed E-state index contributed by atoms with van der Waals surface area (Å²) in [7, 11) is -2.48. The molecule has 9 nitrogen and oxygen atoms in total. The number of hydrogen-bond donors (Lipinski definition) is 0. The van der Waals surface area contributed by atoms with Gasteiger partial charge >= 0.3 is 5.97 Å². The van der Waals surface area contributed by atoms with Crippen LogP contribution in [0.25, 0.3) is 16.6 Å². The fourth-order valence-corrected chi connectivity index (χ4v) is 4.54. The van der Waals surface area contributed by atoms with E-state index in [4.69, 9.17) is 9.47 Å². The third-order valence-electron chi connectivity index (χ3n) is 4.63. The van der Waals surface area contributed by atoms with Crippen LogP contribution in [-0.2, 0) is 14.6 Å². The fourth-order valence-electron chi connectivity index (χ4n) is 3.14. The van der Waals surface area contributed by atoms with E-state index in [1.165, 1.54) is 42.5 Å². The lowest BCUT2D eigenvalue weighted by Gasteiger charge is -2.14. The first-order chi connectivity index (χ1) is 15.0. The van der Waals surface area contributed by atoms with Crippen molar-refractivity contribution in [1.29, 1.82) is 0 Å². The van der Waals surface area contributed by atoms with Crippen molar-refractivity contribution in [2.45, 2.75) is 16.7 Å². The lowest BCUT2D eigenvalue weighted by molar-refractivity contribution is 0.0526. The zero-order valence-electron chi connectivity index (χ0n) is 16.7. The van der Waals surface area contributed by atoms with E-state index < -0.39 is 15.8 Å². The van der Waals surface area contributed by atoms with Gasteiger partial charge in [0.1, 0.15) is 10.6 Å². The molecule has 0 atom stereocenters. The molecule has 10 heteroatoms. The first-order valence-electron chi connectivity index (χ1n) is 9.31. The maximum atomic E-state index is 13.5. The first-order valence-corrected chi connectivity index (χ1v) is 10.8. The van der Waals surface area contributed by atoms with Crippen molar-refractivity contribution in [1.82, 2.24) is 20.0 Å². The van der Waals surface area contributed by atoms with Crippen LogP contribution >= 0.6 is 0 Å². The van der Waals surface area contributed by atoms with Crippen molar-refractivity contribution < 1.29 is 22.7 Å². The fraction of sp³-hybridized carbons (Fsp3) is 0.143. The van der Waals surface area contributed by atoms with Gasteiger partial charge in [0.15, 0.2) is 0 Å². The van der Waals surface area contributed by atoms with Crippen LogP contribution in [0.4, 0.5) is 0 Å². The SMILES string of the molecule is CCOC(=O)c1ccc2ncc(S(=O)(=O)c3ccc(OC)cc3)c(-n3ccnn3)c2c1. The molecule has 0 aliphatic heterocycles. The molecule has 2 aromatic carbocycles. The summed E-state index contributed by atoms with van der Waals surface area (Å²) in [5.41, 5.74) is 1.01. The Morgan fingerprint density at radius 1 is 1.13 bits per heavy atom. The predicted molar refractivity (Wildman–Crippen MR) is 111 cm³/mol. The first kappa shape index (κ1) is 20.5. The predicted octanol–water partition coefficient (Wildman–Crippen LogP) is 2.83. The third-order valence-corrected chi connectivity index (χ3v) is 6.40. The molecule has 0 saturated carbocycles. The highest BCUT2D eigenvalue weighted by Crippen LogP contribution is 2.32. The van der Waals surface area contributed by atoms with Crippen molar-refractivity contribution in [3.05, 3.63) is 66.6 Å². The second-order valence-corrected chi connectivity index (χ2v) is 8.37. The van der Waals surface area contributed by atoms with Crippen LogP contribution in [0.15, 0.2) is 70.8 Å². The number of carbonyl (C=O) groups is 1. The zero-order valence-corrected chi connectivity index (χ0v) is 17.5. The maximum absolute atomic E-state index is 13.5. The summed E-state index contributed by atoms with van der Waals surface area (Å²) in [6, 6.07) is 10.8. The van der Waals surface area contributed by atoms with Crippen LogP contribution in [0.3, 0.4) is 0 Å². The van der Waals surface area contributed by atoms with Crippen molar-refractivity contribution in [2.75, 3.05) is 13.7 Å². The molecule has 158 valence electrons. The molecule has 0 fully saturated rings. The summed E-state index contributed by atoms with van der Waals surface area (Å²) >= 11 is 0. The Labute approximate surface area is 178 Å². The van der Waals surface area contributed by atoms with Crippen molar-refractivity contribution in [2.24, 2.45) is 0 Å². The zero-order chi connectivity index (χ0) is 22.0. The largest absolute Gasteiger partial charge is 0.497 e.